The van der Waals surface area contributed by atoms with E-state index in [1.807, 2.05) is 0 Å². The van der Waals surface area contributed by atoms with Gasteiger partial charge in [-0.15, -0.1) is 0 Å². The first-order chi connectivity index (χ1) is 8.60. The van der Waals surface area contributed by atoms with E-state index in [4.69, 9.17) is 4.52 Å². The highest BCUT2D eigenvalue weighted by Gasteiger charge is 2.38. The summed E-state index contributed by atoms with van der Waals surface area (Å²) in [5, 5.41) is 3.40. The molecular weight excluding hydrogens is 240 g/mol. The highest BCUT2D eigenvalue weighted by molar-refractivity contribution is 5.79. The molecule has 0 unspecified atom stereocenters. The van der Waals surface area contributed by atoms with Crippen LogP contribution in [0.5, 0.6) is 0 Å². The Hall–Kier alpha value is -2.04. The molecule has 18 heavy (non-hydrogen) atoms. The van der Waals surface area contributed by atoms with E-state index >= 15 is 0 Å². The van der Waals surface area contributed by atoms with Crippen LogP contribution in [-0.4, -0.2) is 11.4 Å². The molecule has 0 aliphatic carbocycles. The van der Waals surface area contributed by atoms with Crippen LogP contribution in [0.2, 0.25) is 0 Å². The van der Waals surface area contributed by atoms with Crippen molar-refractivity contribution in [2.24, 2.45) is 0 Å². The Morgan fingerprint density at radius 3 is 2.56 bits per heavy atom. The summed E-state index contributed by atoms with van der Waals surface area (Å²) < 4.78 is 32.6. The number of aldehydes is 1. The number of alkyl halides is 2. The summed E-state index contributed by atoms with van der Waals surface area (Å²) in [5.41, 5.74) is -0.312. The fourth-order valence-electron chi connectivity index (χ4n) is 1.70. The third kappa shape index (κ3) is 2.03. The molecule has 2 rings (SSSR count). The van der Waals surface area contributed by atoms with Gasteiger partial charge in [0.25, 0.3) is 5.92 Å². The van der Waals surface area contributed by atoms with E-state index in [-0.39, 0.29) is 17.7 Å². The molecule has 1 aromatic carbocycles. The first-order valence-electron chi connectivity index (χ1n) is 5.48. The third-order valence-electron chi connectivity index (χ3n) is 2.68. The fourth-order valence-corrected chi connectivity index (χ4v) is 1.70. The van der Waals surface area contributed by atoms with E-state index in [0.29, 0.717) is 5.56 Å². The monoisotopic (exact) mass is 251 g/mol. The third-order valence-corrected chi connectivity index (χ3v) is 2.68. The normalized spacial score (nSPS) is 11.5. The SMILES string of the molecule is CCC(F)(F)c1c(C=O)noc1-c1ccccc1. The van der Waals surface area contributed by atoms with Crippen molar-refractivity contribution in [1.29, 1.82) is 0 Å². The predicted molar refractivity (Wildman–Crippen MR) is 61.5 cm³/mol. The summed E-state index contributed by atoms with van der Waals surface area (Å²) in [6, 6.07) is 8.42. The second kappa shape index (κ2) is 4.68. The smallest absolute Gasteiger partial charge is 0.279 e. The molecule has 1 heterocycles. The van der Waals surface area contributed by atoms with Gasteiger partial charge in [-0.1, -0.05) is 42.4 Å². The average Bonchev–Trinajstić information content (AvgIpc) is 2.84. The number of hydrogen-bond acceptors (Lipinski definition) is 3. The molecule has 3 nitrogen and oxygen atoms in total. The molecule has 0 amide bonds. The average molecular weight is 251 g/mol. The molecule has 0 saturated carbocycles. The molecule has 0 radical (unpaired) electrons. The Morgan fingerprint density at radius 2 is 2.00 bits per heavy atom. The Morgan fingerprint density at radius 1 is 1.33 bits per heavy atom. The molecule has 94 valence electrons. The zero-order valence-electron chi connectivity index (χ0n) is 9.69. The lowest BCUT2D eigenvalue weighted by molar-refractivity contribution is -0.00857. The first-order valence-corrected chi connectivity index (χ1v) is 5.48. The van der Waals surface area contributed by atoms with Gasteiger partial charge in [-0.3, -0.25) is 4.79 Å². The lowest BCUT2D eigenvalue weighted by Crippen LogP contribution is -2.14. The standard InChI is InChI=1S/C13H11F2NO2/c1-2-13(14,15)11-10(8-17)16-18-12(11)9-6-4-3-5-7-9/h3-8H,2H2,1H3. The molecule has 2 aromatic rings. The lowest BCUT2D eigenvalue weighted by Gasteiger charge is -2.13. The molecule has 1 aromatic heterocycles. The highest BCUT2D eigenvalue weighted by Crippen LogP contribution is 2.39. The molecule has 5 heteroatoms. The predicted octanol–water partition coefficient (Wildman–Crippen LogP) is 3.66. The minimum absolute atomic E-state index is 0.0513. The van der Waals surface area contributed by atoms with Gasteiger partial charge in [0.2, 0.25) is 0 Å². The molecule has 0 atom stereocenters. The Balaban J connectivity index is 2.63. The van der Waals surface area contributed by atoms with Crippen molar-refractivity contribution in [2.45, 2.75) is 19.3 Å². The molecule has 0 aliphatic rings. The number of benzene rings is 1. The van der Waals surface area contributed by atoms with Crippen LogP contribution in [0.3, 0.4) is 0 Å². The summed E-state index contributed by atoms with van der Waals surface area (Å²) >= 11 is 0. The number of rotatable bonds is 4. The minimum atomic E-state index is -3.14. The van der Waals surface area contributed by atoms with Gasteiger partial charge in [-0.25, -0.2) is 8.78 Å². The molecule has 0 saturated heterocycles. The van der Waals surface area contributed by atoms with E-state index in [0.717, 1.165) is 0 Å². The number of halogens is 2. The van der Waals surface area contributed by atoms with E-state index in [2.05, 4.69) is 5.16 Å². The van der Waals surface area contributed by atoms with Crippen LogP contribution in [-0.2, 0) is 5.92 Å². The van der Waals surface area contributed by atoms with Crippen molar-refractivity contribution < 1.29 is 18.1 Å². The van der Waals surface area contributed by atoms with Gasteiger partial charge in [0, 0.05) is 12.0 Å². The molecule has 0 fully saturated rings. The van der Waals surface area contributed by atoms with E-state index in [1.54, 1.807) is 30.3 Å². The van der Waals surface area contributed by atoms with Crippen molar-refractivity contribution in [3.8, 4) is 11.3 Å². The van der Waals surface area contributed by atoms with Gasteiger partial charge in [-0.05, 0) is 0 Å². The van der Waals surface area contributed by atoms with Crippen molar-refractivity contribution >= 4 is 6.29 Å². The zero-order chi connectivity index (χ0) is 13.2. The zero-order valence-corrected chi connectivity index (χ0v) is 9.69. The number of carbonyl (C=O) groups excluding carboxylic acids is 1. The largest absolute Gasteiger partial charge is 0.355 e. The van der Waals surface area contributed by atoms with Crippen LogP contribution >= 0.6 is 0 Å². The fraction of sp³-hybridized carbons (Fsp3) is 0.231. The van der Waals surface area contributed by atoms with Crippen LogP contribution in [0.25, 0.3) is 11.3 Å². The van der Waals surface area contributed by atoms with Crippen LogP contribution in [0.4, 0.5) is 8.78 Å². The van der Waals surface area contributed by atoms with Gasteiger partial charge in [0.15, 0.2) is 17.7 Å². The number of carbonyl (C=O) groups is 1. The van der Waals surface area contributed by atoms with Crippen molar-refractivity contribution in [3.63, 3.8) is 0 Å². The van der Waals surface area contributed by atoms with Crippen molar-refractivity contribution in [3.05, 3.63) is 41.6 Å². The summed E-state index contributed by atoms with van der Waals surface area (Å²) in [5.74, 6) is -3.19. The van der Waals surface area contributed by atoms with Gasteiger partial charge < -0.3 is 4.52 Å². The molecule has 0 N–H and O–H groups in total. The van der Waals surface area contributed by atoms with Gasteiger partial charge in [0.05, 0.1) is 5.56 Å². The van der Waals surface area contributed by atoms with E-state index in [9.17, 15) is 13.6 Å². The van der Waals surface area contributed by atoms with Gasteiger partial charge in [0.1, 0.15) is 0 Å². The Kier molecular flexibility index (Phi) is 3.23. The van der Waals surface area contributed by atoms with Crippen molar-refractivity contribution in [2.75, 3.05) is 0 Å². The minimum Gasteiger partial charge on any atom is -0.355 e. The maximum atomic E-state index is 13.9. The van der Waals surface area contributed by atoms with Crippen LogP contribution in [0, 0.1) is 0 Å². The van der Waals surface area contributed by atoms with Crippen LogP contribution in [0.15, 0.2) is 34.9 Å². The molecule has 0 bridgehead atoms. The quantitative estimate of drug-likeness (QED) is 0.779. The van der Waals surface area contributed by atoms with E-state index in [1.165, 1.54) is 6.92 Å². The van der Waals surface area contributed by atoms with Gasteiger partial charge >= 0.3 is 0 Å². The van der Waals surface area contributed by atoms with Crippen LogP contribution in [0.1, 0.15) is 29.4 Å². The summed E-state index contributed by atoms with van der Waals surface area (Å²) in [6.07, 6.45) is -0.135. The molecular formula is C13H11F2NO2. The first kappa shape index (κ1) is 12.4. The van der Waals surface area contributed by atoms with Crippen LogP contribution < -0.4 is 0 Å². The maximum absolute atomic E-state index is 13.9. The van der Waals surface area contributed by atoms with E-state index < -0.39 is 17.9 Å². The number of aromatic nitrogens is 1. The second-order valence-corrected chi connectivity index (χ2v) is 3.81. The highest BCUT2D eigenvalue weighted by atomic mass is 19.3. The lowest BCUT2D eigenvalue weighted by atomic mass is 10.00. The molecule has 0 aliphatic heterocycles. The van der Waals surface area contributed by atoms with Crippen molar-refractivity contribution in [1.82, 2.24) is 5.16 Å². The van der Waals surface area contributed by atoms with Gasteiger partial charge in [-0.2, -0.15) is 0 Å². The number of nitrogens with zero attached hydrogens (tertiary/aromatic N) is 1. The Labute approximate surface area is 102 Å². The second-order valence-electron chi connectivity index (χ2n) is 3.81. The topological polar surface area (TPSA) is 43.1 Å². The number of hydrogen-bond donors (Lipinski definition) is 0. The summed E-state index contributed by atoms with van der Waals surface area (Å²) in [7, 11) is 0. The summed E-state index contributed by atoms with van der Waals surface area (Å²) in [6.45, 7) is 1.34. The maximum Gasteiger partial charge on any atom is 0.279 e. The molecule has 0 spiro atoms. The summed E-state index contributed by atoms with van der Waals surface area (Å²) in [4.78, 5) is 10.8. The Bertz CT molecular complexity index is 549.